The maximum absolute atomic E-state index is 12.6. The summed E-state index contributed by atoms with van der Waals surface area (Å²) in [5.41, 5.74) is 1.91. The lowest BCUT2D eigenvalue weighted by Crippen LogP contribution is -2.28. The molecule has 8 nitrogen and oxygen atoms in total. The predicted molar refractivity (Wildman–Crippen MR) is 122 cm³/mol. The number of aromatic nitrogens is 3. The second-order valence-electron chi connectivity index (χ2n) is 7.26. The van der Waals surface area contributed by atoms with Gasteiger partial charge in [0.15, 0.2) is 22.5 Å². The largest absolute Gasteiger partial charge is 0.497 e. The number of fused-ring (bicyclic) bond motifs is 1. The summed E-state index contributed by atoms with van der Waals surface area (Å²) in [7, 11) is 1.64. The minimum atomic E-state index is -0.155. The third-order valence-electron chi connectivity index (χ3n) is 5.16. The topological polar surface area (TPSA) is 87.5 Å². The zero-order valence-electron chi connectivity index (χ0n) is 18.3. The van der Waals surface area contributed by atoms with E-state index >= 15 is 0 Å². The smallest absolute Gasteiger partial charge is 0.230 e. The average Bonchev–Trinajstić information content (AvgIpc) is 3.25. The van der Waals surface area contributed by atoms with Gasteiger partial charge in [-0.15, -0.1) is 10.2 Å². The van der Waals surface area contributed by atoms with Crippen molar-refractivity contribution in [1.29, 1.82) is 0 Å². The van der Waals surface area contributed by atoms with Crippen LogP contribution in [0.1, 0.15) is 25.5 Å². The Morgan fingerprint density at radius 2 is 1.91 bits per heavy atom. The number of methoxy groups -OCH3 is 1. The van der Waals surface area contributed by atoms with Gasteiger partial charge in [0, 0.05) is 12.1 Å². The van der Waals surface area contributed by atoms with Crippen molar-refractivity contribution in [2.45, 2.75) is 31.6 Å². The number of nitrogens with one attached hydrogen (secondary N) is 1. The second-order valence-corrected chi connectivity index (χ2v) is 8.20. The van der Waals surface area contributed by atoms with Gasteiger partial charge in [0.25, 0.3) is 0 Å². The molecule has 0 radical (unpaired) electrons. The highest BCUT2D eigenvalue weighted by Gasteiger charge is 2.18. The zero-order chi connectivity index (χ0) is 22.5. The molecular weight excluding hydrogens is 428 g/mol. The highest BCUT2D eigenvalue weighted by atomic mass is 32.2. The van der Waals surface area contributed by atoms with E-state index < -0.39 is 0 Å². The standard InChI is InChI=1S/C23H26N4O4S/c1-4-27-22(16-5-8-18(29-3)9-6-16)25-26-23(27)32-14-21(28)24-15(2)17-7-10-19-20(13-17)31-12-11-30-19/h5-10,13,15H,4,11-12,14H2,1-3H3,(H,24,28)/t15-/m0/s1. The van der Waals surface area contributed by atoms with Gasteiger partial charge in [-0.1, -0.05) is 17.8 Å². The molecule has 1 N–H and O–H groups in total. The molecule has 32 heavy (non-hydrogen) atoms. The highest BCUT2D eigenvalue weighted by Crippen LogP contribution is 2.32. The number of benzene rings is 2. The van der Waals surface area contributed by atoms with E-state index in [1.807, 2.05) is 60.9 Å². The van der Waals surface area contributed by atoms with Crippen LogP contribution in [0.2, 0.25) is 0 Å². The first kappa shape index (κ1) is 22.0. The van der Waals surface area contributed by atoms with Crippen molar-refractivity contribution in [1.82, 2.24) is 20.1 Å². The molecule has 4 rings (SSSR count). The molecule has 0 fully saturated rings. The summed E-state index contributed by atoms with van der Waals surface area (Å²) < 4.78 is 18.4. The van der Waals surface area contributed by atoms with Crippen LogP contribution < -0.4 is 19.5 Å². The number of amides is 1. The number of rotatable bonds is 8. The van der Waals surface area contributed by atoms with Gasteiger partial charge in [-0.2, -0.15) is 0 Å². The van der Waals surface area contributed by atoms with Crippen LogP contribution in [0, 0.1) is 0 Å². The van der Waals surface area contributed by atoms with Gasteiger partial charge in [-0.05, 0) is 55.8 Å². The number of carbonyl (C=O) groups excluding carboxylic acids is 1. The van der Waals surface area contributed by atoms with Gasteiger partial charge in [0.05, 0.1) is 18.9 Å². The third kappa shape index (κ3) is 4.83. The van der Waals surface area contributed by atoms with Gasteiger partial charge in [0.2, 0.25) is 5.91 Å². The van der Waals surface area contributed by atoms with Crippen LogP contribution in [0.5, 0.6) is 17.2 Å². The lowest BCUT2D eigenvalue weighted by atomic mass is 10.1. The SMILES string of the molecule is CCn1c(SCC(=O)N[C@@H](C)c2ccc3c(c2)OCCO3)nnc1-c1ccc(OC)cc1. The van der Waals surface area contributed by atoms with Crippen molar-refractivity contribution in [2.24, 2.45) is 0 Å². The van der Waals surface area contributed by atoms with Gasteiger partial charge in [0.1, 0.15) is 19.0 Å². The quantitative estimate of drug-likeness (QED) is 0.519. The molecular formula is C23H26N4O4S. The van der Waals surface area contributed by atoms with Crippen LogP contribution in [-0.2, 0) is 11.3 Å². The number of ether oxygens (including phenoxy) is 3. The van der Waals surface area contributed by atoms with Crippen molar-refractivity contribution >= 4 is 17.7 Å². The summed E-state index contributed by atoms with van der Waals surface area (Å²) in [5, 5.41) is 12.4. The van der Waals surface area contributed by atoms with E-state index in [1.54, 1.807) is 7.11 Å². The minimum Gasteiger partial charge on any atom is -0.497 e. The Labute approximate surface area is 191 Å². The van der Waals surface area contributed by atoms with Crippen LogP contribution >= 0.6 is 11.8 Å². The first-order valence-corrected chi connectivity index (χ1v) is 11.5. The van der Waals surface area contributed by atoms with Crippen LogP contribution in [0.3, 0.4) is 0 Å². The number of nitrogens with zero attached hydrogens (tertiary/aromatic N) is 3. The summed E-state index contributed by atoms with van der Waals surface area (Å²) in [4.78, 5) is 12.6. The number of hydrogen-bond donors (Lipinski definition) is 1. The van der Waals surface area contributed by atoms with E-state index in [0.717, 1.165) is 28.5 Å². The monoisotopic (exact) mass is 454 g/mol. The Hall–Kier alpha value is -3.20. The fourth-order valence-electron chi connectivity index (χ4n) is 3.46. The Bertz CT molecular complexity index is 1080. The van der Waals surface area contributed by atoms with Crippen LogP contribution in [-0.4, -0.2) is 46.7 Å². The Morgan fingerprint density at radius 1 is 1.16 bits per heavy atom. The first-order chi connectivity index (χ1) is 15.6. The first-order valence-electron chi connectivity index (χ1n) is 10.5. The molecule has 2 aromatic carbocycles. The molecule has 0 unspecified atom stereocenters. The van der Waals surface area contributed by atoms with Crippen molar-refractivity contribution < 1.29 is 19.0 Å². The predicted octanol–water partition coefficient (Wildman–Crippen LogP) is 3.71. The molecule has 1 atom stereocenters. The third-order valence-corrected chi connectivity index (χ3v) is 6.12. The van der Waals surface area contributed by atoms with Crippen molar-refractivity contribution in [3.63, 3.8) is 0 Å². The van der Waals surface area contributed by atoms with E-state index in [4.69, 9.17) is 14.2 Å². The molecule has 2 heterocycles. The molecule has 168 valence electrons. The van der Waals surface area contributed by atoms with Crippen LogP contribution in [0.4, 0.5) is 0 Å². The molecule has 0 bridgehead atoms. The maximum Gasteiger partial charge on any atom is 0.230 e. The van der Waals surface area contributed by atoms with Gasteiger partial charge in [-0.25, -0.2) is 0 Å². The summed E-state index contributed by atoms with van der Waals surface area (Å²) in [6.45, 7) is 5.77. The summed E-state index contributed by atoms with van der Waals surface area (Å²) in [6, 6.07) is 13.3. The van der Waals surface area contributed by atoms with E-state index in [1.165, 1.54) is 11.8 Å². The molecule has 1 aliphatic rings. The normalized spacial score (nSPS) is 13.5. The van der Waals surface area contributed by atoms with E-state index in [0.29, 0.717) is 30.7 Å². The number of carbonyl (C=O) groups is 1. The van der Waals surface area contributed by atoms with Gasteiger partial charge >= 0.3 is 0 Å². The Morgan fingerprint density at radius 3 is 2.62 bits per heavy atom. The summed E-state index contributed by atoms with van der Waals surface area (Å²) in [5.74, 6) is 3.17. The molecule has 9 heteroatoms. The van der Waals surface area contributed by atoms with Crippen molar-refractivity contribution in [3.8, 4) is 28.6 Å². The maximum atomic E-state index is 12.6. The molecule has 0 saturated heterocycles. The summed E-state index contributed by atoms with van der Waals surface area (Å²) in [6.07, 6.45) is 0. The van der Waals surface area contributed by atoms with Crippen LogP contribution in [0.15, 0.2) is 47.6 Å². The molecule has 0 saturated carbocycles. The highest BCUT2D eigenvalue weighted by molar-refractivity contribution is 7.99. The molecule has 1 aliphatic heterocycles. The lowest BCUT2D eigenvalue weighted by Gasteiger charge is -2.21. The molecule has 1 amide bonds. The number of thioether (sulfide) groups is 1. The zero-order valence-corrected chi connectivity index (χ0v) is 19.1. The van der Waals surface area contributed by atoms with Crippen molar-refractivity contribution in [3.05, 3.63) is 48.0 Å². The average molecular weight is 455 g/mol. The summed E-state index contributed by atoms with van der Waals surface area (Å²) >= 11 is 1.37. The molecule has 0 spiro atoms. The van der Waals surface area contributed by atoms with Gasteiger partial charge < -0.3 is 24.1 Å². The Kier molecular flexibility index (Phi) is 6.84. The van der Waals surface area contributed by atoms with Crippen molar-refractivity contribution in [2.75, 3.05) is 26.1 Å². The lowest BCUT2D eigenvalue weighted by molar-refractivity contribution is -0.119. The Balaban J connectivity index is 1.38. The van der Waals surface area contributed by atoms with Gasteiger partial charge in [-0.3, -0.25) is 4.79 Å². The molecule has 0 aliphatic carbocycles. The minimum absolute atomic E-state index is 0.0750. The molecule has 1 aromatic heterocycles. The fraction of sp³-hybridized carbons (Fsp3) is 0.348. The molecule has 3 aromatic rings. The number of hydrogen-bond acceptors (Lipinski definition) is 7. The van der Waals surface area contributed by atoms with E-state index in [-0.39, 0.29) is 17.7 Å². The second kappa shape index (κ2) is 9.95. The fourth-order valence-corrected chi connectivity index (χ4v) is 4.27. The van der Waals surface area contributed by atoms with E-state index in [2.05, 4.69) is 15.5 Å². The van der Waals surface area contributed by atoms with E-state index in [9.17, 15) is 4.79 Å². The van der Waals surface area contributed by atoms with Crippen LogP contribution in [0.25, 0.3) is 11.4 Å².